The third kappa shape index (κ3) is 11.4. The minimum atomic E-state index is -0.0206. The number of unbranched alkanes of at least 4 members (excludes halogenated alkanes) is 1. The van der Waals surface area contributed by atoms with Crippen LogP contribution in [0.1, 0.15) is 28.1 Å². The number of carbonyl (C=O) groups is 1. The van der Waals surface area contributed by atoms with Crippen molar-refractivity contribution in [2.24, 2.45) is 0 Å². The van der Waals surface area contributed by atoms with E-state index in [1.165, 1.54) is 6.92 Å². The Hall–Kier alpha value is -0.610. The Morgan fingerprint density at radius 2 is 1.86 bits per heavy atom. The van der Waals surface area contributed by atoms with E-state index in [2.05, 4.69) is 12.2 Å². The first-order valence-electron chi connectivity index (χ1n) is 5.17. The van der Waals surface area contributed by atoms with Gasteiger partial charge >= 0.3 is 0 Å². The van der Waals surface area contributed by atoms with Crippen LogP contribution in [0.25, 0.3) is 0 Å². The summed E-state index contributed by atoms with van der Waals surface area (Å²) in [5, 5.41) is 2.65. The maximum atomic E-state index is 10.5. The highest BCUT2D eigenvalue weighted by atomic mass is 16.5. The fraction of sp³-hybridized carbons (Fsp3) is 0.900. The van der Waals surface area contributed by atoms with E-state index in [0.717, 1.165) is 19.4 Å². The first-order chi connectivity index (χ1) is 6.77. The Balaban J connectivity index is 0. The Bertz CT molecular complexity index is 145. The largest absolute Gasteiger partial charge is 0.379 e. The fourth-order valence-corrected chi connectivity index (χ4v) is 0.868. The summed E-state index contributed by atoms with van der Waals surface area (Å²) >= 11 is 0. The summed E-state index contributed by atoms with van der Waals surface area (Å²) in [6.45, 7) is 6.80. The quantitative estimate of drug-likeness (QED) is 0.575. The van der Waals surface area contributed by atoms with E-state index < -0.39 is 0 Å². The second-order valence-corrected chi connectivity index (χ2v) is 3.06. The van der Waals surface area contributed by atoms with E-state index in [9.17, 15) is 4.79 Å². The number of amides is 1. The Morgan fingerprint density at radius 3 is 2.43 bits per heavy atom. The van der Waals surface area contributed by atoms with Crippen LogP contribution in [0.15, 0.2) is 0 Å². The van der Waals surface area contributed by atoms with Gasteiger partial charge in [-0.2, -0.15) is 0 Å². The fourth-order valence-electron chi connectivity index (χ4n) is 0.868. The predicted octanol–water partition coefficient (Wildman–Crippen LogP) is 1.20. The van der Waals surface area contributed by atoms with Crippen LogP contribution in [0.2, 0.25) is 0 Å². The van der Waals surface area contributed by atoms with Gasteiger partial charge in [0, 0.05) is 21.5 Å². The molecule has 86 valence electrons. The van der Waals surface area contributed by atoms with Crippen LogP contribution in [-0.2, 0) is 14.3 Å². The van der Waals surface area contributed by atoms with Crippen LogP contribution < -0.4 is 5.32 Å². The molecule has 4 nitrogen and oxygen atoms in total. The molecular weight excluding hydrogens is 182 g/mol. The maximum absolute atomic E-state index is 10.5. The second-order valence-electron chi connectivity index (χ2n) is 3.06. The lowest BCUT2D eigenvalue weighted by Gasteiger charge is -2.05. The van der Waals surface area contributed by atoms with Crippen LogP contribution >= 0.6 is 0 Å². The third-order valence-electron chi connectivity index (χ3n) is 1.63. The lowest BCUT2D eigenvalue weighted by molar-refractivity contribution is -0.119. The molecule has 0 saturated carbocycles. The molecule has 0 saturated heterocycles. The number of carbonyl (C=O) groups excluding carboxylic acids is 1. The molecule has 0 radical (unpaired) electrons. The molecule has 1 N–H and O–H groups in total. The summed E-state index contributed by atoms with van der Waals surface area (Å²) in [5.41, 5.74) is 0. The average Bonchev–Trinajstić information content (AvgIpc) is 2.15. The first-order valence-corrected chi connectivity index (χ1v) is 5.17. The third-order valence-corrected chi connectivity index (χ3v) is 1.63. The molecule has 0 aromatic rings. The van der Waals surface area contributed by atoms with E-state index in [1.807, 2.05) is 0 Å². The highest BCUT2D eigenvalue weighted by Gasteiger charge is 1.91. The van der Waals surface area contributed by atoms with Crippen LogP contribution in [0.4, 0.5) is 0 Å². The van der Waals surface area contributed by atoms with Crippen LogP contribution in [-0.4, -0.2) is 38.9 Å². The van der Waals surface area contributed by atoms with Crippen molar-refractivity contribution in [1.29, 1.82) is 0 Å². The first kappa shape index (κ1) is 13.4. The van der Waals surface area contributed by atoms with E-state index in [0.29, 0.717) is 26.4 Å². The Kier molecular flexibility index (Phi) is 10.0. The Morgan fingerprint density at radius 1 is 1.21 bits per heavy atom. The van der Waals surface area contributed by atoms with Crippen LogP contribution in [0.5, 0.6) is 0 Å². The molecule has 14 heavy (non-hydrogen) atoms. The lowest BCUT2D eigenvalue weighted by Crippen LogP contribution is -2.24. The molecule has 0 heterocycles. The number of hydrogen-bond acceptors (Lipinski definition) is 3. The van der Waals surface area contributed by atoms with Crippen LogP contribution in [0, 0.1) is 0 Å². The molecule has 0 atom stereocenters. The van der Waals surface area contributed by atoms with Crippen molar-refractivity contribution in [3.63, 3.8) is 0 Å². The van der Waals surface area contributed by atoms with Crippen molar-refractivity contribution in [2.45, 2.75) is 26.7 Å². The van der Waals surface area contributed by atoms with Gasteiger partial charge in [-0.05, 0) is 6.42 Å². The summed E-state index contributed by atoms with van der Waals surface area (Å²) in [6, 6.07) is 0. The molecule has 0 aliphatic heterocycles. The summed E-state index contributed by atoms with van der Waals surface area (Å²) < 4.78 is 10.5. The van der Waals surface area contributed by atoms with Crippen molar-refractivity contribution in [3.05, 3.63) is 0 Å². The molecule has 0 aromatic heterocycles. The number of rotatable bonds is 9. The van der Waals surface area contributed by atoms with E-state index >= 15 is 0 Å². The molecule has 0 rings (SSSR count). The predicted molar refractivity (Wildman–Crippen MR) is 57.3 cm³/mol. The molecule has 0 bridgehead atoms. The zero-order chi connectivity index (χ0) is 10.6. The summed E-state index contributed by atoms with van der Waals surface area (Å²) in [6.07, 6.45) is 2.26. The topological polar surface area (TPSA) is 47.6 Å². The van der Waals surface area contributed by atoms with Gasteiger partial charge in [0.25, 0.3) is 0 Å². The highest BCUT2D eigenvalue weighted by molar-refractivity contribution is 5.72. The van der Waals surface area contributed by atoms with Gasteiger partial charge in [0.1, 0.15) is 0 Å². The molecule has 0 unspecified atom stereocenters. The normalized spacial score (nSPS) is 10.1. The standard InChI is InChI=1S/C10H21NO3.H2/c1-3-4-6-13-8-9-14-7-5-11-10(2)12;/h3-9H2,1-2H3,(H,11,12);1H. The molecule has 0 aliphatic rings. The van der Waals surface area contributed by atoms with Gasteiger partial charge in [-0.15, -0.1) is 0 Å². The van der Waals surface area contributed by atoms with Crippen molar-refractivity contribution in [3.8, 4) is 0 Å². The van der Waals surface area contributed by atoms with Crippen molar-refractivity contribution < 1.29 is 15.7 Å². The van der Waals surface area contributed by atoms with Crippen molar-refractivity contribution in [2.75, 3.05) is 33.0 Å². The molecular formula is C10H23NO3. The maximum Gasteiger partial charge on any atom is 0.216 e. The highest BCUT2D eigenvalue weighted by Crippen LogP contribution is 1.87. The molecule has 0 aromatic carbocycles. The van der Waals surface area contributed by atoms with Gasteiger partial charge in [-0.3, -0.25) is 4.79 Å². The summed E-state index contributed by atoms with van der Waals surface area (Å²) in [5.74, 6) is -0.0206. The van der Waals surface area contributed by atoms with Gasteiger partial charge in [0.15, 0.2) is 0 Å². The monoisotopic (exact) mass is 205 g/mol. The smallest absolute Gasteiger partial charge is 0.216 e. The van der Waals surface area contributed by atoms with Gasteiger partial charge in [-0.25, -0.2) is 0 Å². The number of nitrogens with one attached hydrogen (secondary N) is 1. The van der Waals surface area contributed by atoms with Gasteiger partial charge in [-0.1, -0.05) is 13.3 Å². The van der Waals surface area contributed by atoms with Crippen molar-refractivity contribution >= 4 is 5.91 Å². The summed E-state index contributed by atoms with van der Waals surface area (Å²) in [7, 11) is 0. The molecule has 1 amide bonds. The zero-order valence-corrected chi connectivity index (χ0v) is 9.17. The van der Waals surface area contributed by atoms with Gasteiger partial charge in [0.05, 0.1) is 19.8 Å². The SMILES string of the molecule is CCCCOCCOCCNC(C)=O.[HH]. The Labute approximate surface area is 87.4 Å². The summed E-state index contributed by atoms with van der Waals surface area (Å²) in [4.78, 5) is 10.5. The second kappa shape index (κ2) is 10.5. The van der Waals surface area contributed by atoms with E-state index in [1.54, 1.807) is 0 Å². The lowest BCUT2D eigenvalue weighted by atomic mass is 10.4. The van der Waals surface area contributed by atoms with Gasteiger partial charge < -0.3 is 14.8 Å². The zero-order valence-electron chi connectivity index (χ0n) is 9.17. The van der Waals surface area contributed by atoms with Crippen molar-refractivity contribution in [1.82, 2.24) is 5.32 Å². The van der Waals surface area contributed by atoms with E-state index in [-0.39, 0.29) is 7.33 Å². The van der Waals surface area contributed by atoms with E-state index in [4.69, 9.17) is 9.47 Å². The number of hydrogen-bond donors (Lipinski definition) is 1. The van der Waals surface area contributed by atoms with Gasteiger partial charge in [0.2, 0.25) is 5.91 Å². The average molecular weight is 205 g/mol. The molecule has 0 spiro atoms. The van der Waals surface area contributed by atoms with Crippen LogP contribution in [0.3, 0.4) is 0 Å². The number of ether oxygens (including phenoxy) is 2. The molecule has 0 fully saturated rings. The molecule has 4 heteroatoms. The minimum Gasteiger partial charge on any atom is -0.379 e. The molecule has 0 aliphatic carbocycles. The minimum absolute atomic E-state index is 0.